The molecule has 324 valence electrons. The molecule has 4 atom stereocenters. The van der Waals surface area contributed by atoms with Gasteiger partial charge in [-0.25, -0.2) is 9.97 Å². The number of phenols is 1. The molecule has 63 heavy (non-hydrogen) atoms. The Morgan fingerprint density at radius 1 is 0.651 bits per heavy atom. The largest absolute Gasteiger partial charge is 0.508 e. The van der Waals surface area contributed by atoms with Crippen LogP contribution in [0.3, 0.4) is 0 Å². The molecule has 2 aromatic heterocycles. The van der Waals surface area contributed by atoms with E-state index < -0.39 is 35.4 Å². The number of oxazole rings is 2. The van der Waals surface area contributed by atoms with Crippen LogP contribution in [0.4, 0.5) is 0 Å². The Hall–Kier alpha value is -7.06. The summed E-state index contributed by atoms with van der Waals surface area (Å²) in [5.41, 5.74) is 8.01. The molecule has 2 aliphatic heterocycles. The fraction of sp³-hybridized carbons (Fsp3) is 0.306. The number of para-hydroxylation sites is 1. The van der Waals surface area contributed by atoms with Gasteiger partial charge in [-0.2, -0.15) is 0 Å². The quantitative estimate of drug-likeness (QED) is 0.0973. The second-order valence-electron chi connectivity index (χ2n) is 16.2. The molecule has 5 N–H and O–H groups in total. The lowest BCUT2D eigenvalue weighted by atomic mass is 9.73. The molecule has 4 heterocycles. The van der Waals surface area contributed by atoms with Crippen LogP contribution in [0, 0.1) is 6.92 Å². The van der Waals surface area contributed by atoms with E-state index >= 15 is 9.59 Å². The molecular weight excluding hydrogens is 799 g/mol. The Balaban J connectivity index is 1.19. The summed E-state index contributed by atoms with van der Waals surface area (Å²) in [7, 11) is 0. The van der Waals surface area contributed by atoms with Crippen molar-refractivity contribution >= 4 is 23.6 Å². The maximum absolute atomic E-state index is 15.4. The lowest BCUT2D eigenvalue weighted by Gasteiger charge is -2.37. The molecule has 4 aromatic carbocycles. The number of nitrogens with zero attached hydrogens (tertiary/aromatic N) is 4. The first-order valence-corrected chi connectivity index (χ1v) is 21.5. The minimum absolute atomic E-state index is 0.0536. The number of amides is 4. The number of aromatic hydroxyl groups is 1. The van der Waals surface area contributed by atoms with E-state index in [1.807, 2.05) is 31.2 Å². The van der Waals surface area contributed by atoms with E-state index in [-0.39, 0.29) is 46.3 Å². The lowest BCUT2D eigenvalue weighted by molar-refractivity contribution is -0.134. The zero-order valence-corrected chi connectivity index (χ0v) is 35.1. The van der Waals surface area contributed by atoms with Crippen molar-refractivity contribution in [3.05, 3.63) is 173 Å². The van der Waals surface area contributed by atoms with Gasteiger partial charge >= 0.3 is 0 Å². The number of hydrogen-bond acceptors (Lipinski definition) is 10. The molecule has 3 unspecified atom stereocenters. The number of aromatic nitrogens is 2. The van der Waals surface area contributed by atoms with Crippen molar-refractivity contribution in [2.24, 2.45) is 5.73 Å². The van der Waals surface area contributed by atoms with E-state index in [0.29, 0.717) is 42.9 Å². The normalized spacial score (nSPS) is 16.6. The van der Waals surface area contributed by atoms with Crippen LogP contribution in [0.1, 0.15) is 117 Å². The van der Waals surface area contributed by atoms with Crippen LogP contribution in [0.15, 0.2) is 131 Å². The summed E-state index contributed by atoms with van der Waals surface area (Å²) < 4.78 is 11.9. The van der Waals surface area contributed by atoms with Crippen molar-refractivity contribution in [3.8, 4) is 5.75 Å². The highest BCUT2D eigenvalue weighted by Gasteiger charge is 2.50. The molecule has 2 saturated heterocycles. The maximum Gasteiger partial charge on any atom is 0.275 e. The van der Waals surface area contributed by atoms with Crippen LogP contribution >= 0.6 is 0 Å². The summed E-state index contributed by atoms with van der Waals surface area (Å²) in [4.78, 5) is 70.5. The number of benzene rings is 4. The summed E-state index contributed by atoms with van der Waals surface area (Å²) >= 11 is 0. The van der Waals surface area contributed by atoms with E-state index in [0.717, 1.165) is 44.1 Å². The molecular formula is C49H51N7O7. The minimum atomic E-state index is -2.14. The number of piperidine rings is 2. The maximum atomic E-state index is 15.4. The molecule has 0 spiro atoms. The average molecular weight is 850 g/mol. The van der Waals surface area contributed by atoms with Crippen molar-refractivity contribution in [3.63, 3.8) is 0 Å². The zero-order chi connectivity index (χ0) is 43.9. The number of carbonyl (C=O) groups excluding carboxylic acids is 4. The Labute approximate surface area is 365 Å². The van der Waals surface area contributed by atoms with Crippen LogP contribution in [0.2, 0.25) is 0 Å². The van der Waals surface area contributed by atoms with Gasteiger partial charge in [0.2, 0.25) is 23.6 Å². The third kappa shape index (κ3) is 9.12. The second kappa shape index (κ2) is 18.9. The number of likely N-dealkylation sites (tertiary alicyclic amines) is 2. The molecule has 14 nitrogen and oxygen atoms in total. The first kappa shape index (κ1) is 42.6. The highest BCUT2D eigenvalue weighted by atomic mass is 16.3. The summed E-state index contributed by atoms with van der Waals surface area (Å²) in [6.07, 6.45) is 8.21. The Kier molecular flexibility index (Phi) is 12.8. The number of hydrogen-bond donors (Lipinski definition) is 4. The first-order chi connectivity index (χ1) is 30.6. The van der Waals surface area contributed by atoms with Gasteiger partial charge in [-0.05, 0) is 68.2 Å². The molecule has 4 amide bonds. The van der Waals surface area contributed by atoms with E-state index in [4.69, 9.17) is 14.6 Å². The van der Waals surface area contributed by atoms with Gasteiger partial charge in [0, 0.05) is 31.7 Å². The van der Waals surface area contributed by atoms with Gasteiger partial charge in [-0.15, -0.1) is 0 Å². The van der Waals surface area contributed by atoms with Crippen LogP contribution in [0.25, 0.3) is 0 Å². The predicted octanol–water partition coefficient (Wildman–Crippen LogP) is 6.68. The summed E-state index contributed by atoms with van der Waals surface area (Å²) in [5, 5.41) is 17.3. The van der Waals surface area contributed by atoms with Gasteiger partial charge in [-0.3, -0.25) is 19.2 Å². The van der Waals surface area contributed by atoms with Crippen LogP contribution in [-0.2, 0) is 15.1 Å². The Bertz CT molecular complexity index is 2550. The molecule has 8 rings (SSSR count). The molecule has 14 heteroatoms. The van der Waals surface area contributed by atoms with E-state index in [1.54, 1.807) is 88.7 Å². The van der Waals surface area contributed by atoms with Crippen molar-refractivity contribution < 1.29 is 33.1 Å². The van der Waals surface area contributed by atoms with E-state index in [2.05, 4.69) is 20.6 Å². The fourth-order valence-corrected chi connectivity index (χ4v) is 8.58. The molecule has 0 bridgehead atoms. The van der Waals surface area contributed by atoms with Gasteiger partial charge in [0.15, 0.2) is 11.4 Å². The third-order valence-corrected chi connectivity index (χ3v) is 11.9. The molecule has 0 saturated carbocycles. The van der Waals surface area contributed by atoms with Crippen molar-refractivity contribution in [2.45, 2.75) is 69.0 Å². The predicted molar refractivity (Wildman–Crippen MR) is 233 cm³/mol. The molecule has 0 radical (unpaired) electrons. The smallest absolute Gasteiger partial charge is 0.275 e. The highest BCUT2D eigenvalue weighted by molar-refractivity contribution is 5.98. The van der Waals surface area contributed by atoms with Crippen LogP contribution in [-0.4, -0.2) is 74.7 Å². The van der Waals surface area contributed by atoms with Crippen molar-refractivity contribution in [2.75, 3.05) is 26.2 Å². The second-order valence-corrected chi connectivity index (χ2v) is 16.2. The highest BCUT2D eigenvalue weighted by Crippen LogP contribution is 2.39. The summed E-state index contributed by atoms with van der Waals surface area (Å²) in [6, 6.07) is 28.9. The van der Waals surface area contributed by atoms with Gasteiger partial charge in [0.05, 0.1) is 5.92 Å². The number of rotatable bonds is 13. The fourth-order valence-electron chi connectivity index (χ4n) is 8.58. The molecule has 0 aliphatic carbocycles. The topological polar surface area (TPSA) is 197 Å². The summed E-state index contributed by atoms with van der Waals surface area (Å²) in [6.45, 7) is 4.34. The van der Waals surface area contributed by atoms with Gasteiger partial charge in [0.1, 0.15) is 35.9 Å². The van der Waals surface area contributed by atoms with Gasteiger partial charge < -0.3 is 40.1 Å². The van der Waals surface area contributed by atoms with Crippen molar-refractivity contribution in [1.82, 2.24) is 30.4 Å². The number of carbonyl (C=O) groups is 4. The SMILES string of the molecule is Cc1cccc(C(NC(=O)[C@](N)(c2ccccc2)C(C(=O)NC(c2nc(C(=O)N3CCCCC3)co2)c2ccccc2O)c2ccccc2)c2nc(C(=O)N3CCCCC3)co2)c1. The molecule has 2 fully saturated rings. The Morgan fingerprint density at radius 2 is 1.17 bits per heavy atom. The number of nitrogens with two attached hydrogens (primary N) is 1. The standard InChI is InChI=1S/C49H51N7O7/c1-32-17-16-20-34(29-32)41(44-51-37(30-62-44)46(59)55-25-12-4-13-26-55)54-48(61)49(50,35-21-8-3-9-22-35)40(33-18-6-2-7-19-33)43(58)53-42(36-23-10-11-24-39(36)57)45-52-38(31-63-45)47(60)56-27-14-5-15-28-56/h2-3,6-11,16-24,29-31,40-42,57H,4-5,12-15,25-28,50H2,1H3,(H,53,58)(H,54,61)/t40?,41?,42?,49-/m0/s1. The number of phenolic OH excluding ortho intramolecular Hbond substituents is 1. The third-order valence-electron chi connectivity index (χ3n) is 11.9. The monoisotopic (exact) mass is 849 g/mol. The summed E-state index contributed by atoms with van der Waals surface area (Å²) in [5.74, 6) is -3.61. The van der Waals surface area contributed by atoms with Crippen LogP contribution < -0.4 is 16.4 Å². The minimum Gasteiger partial charge on any atom is -0.508 e. The van der Waals surface area contributed by atoms with Crippen molar-refractivity contribution in [1.29, 1.82) is 0 Å². The lowest BCUT2D eigenvalue weighted by Crippen LogP contribution is -2.59. The molecule has 6 aromatic rings. The van der Waals surface area contributed by atoms with Gasteiger partial charge in [-0.1, -0.05) is 109 Å². The van der Waals surface area contributed by atoms with Crippen LogP contribution in [0.5, 0.6) is 5.75 Å². The van der Waals surface area contributed by atoms with E-state index in [1.165, 1.54) is 18.6 Å². The first-order valence-electron chi connectivity index (χ1n) is 21.5. The zero-order valence-electron chi connectivity index (χ0n) is 35.1. The van der Waals surface area contributed by atoms with E-state index in [9.17, 15) is 14.7 Å². The molecule has 2 aliphatic rings. The van der Waals surface area contributed by atoms with Gasteiger partial charge in [0.25, 0.3) is 11.8 Å². The Morgan fingerprint density at radius 3 is 1.75 bits per heavy atom. The number of nitrogens with one attached hydrogen (secondary N) is 2. The average Bonchev–Trinajstić information content (AvgIpc) is 4.02. The number of aryl methyl sites for hydroxylation is 1.